The first-order valence-electron chi connectivity index (χ1n) is 2.00. The molecule has 1 heterocycles. The second-order valence-corrected chi connectivity index (χ2v) is 1.82. The van der Waals surface area contributed by atoms with Crippen molar-refractivity contribution < 1.29 is 0 Å². The van der Waals surface area contributed by atoms with E-state index in [0.29, 0.717) is 0 Å². The molecule has 0 fully saturated rings. The second-order valence-electron chi connectivity index (χ2n) is 1.16. The van der Waals surface area contributed by atoms with E-state index < -0.39 is 0 Å². The van der Waals surface area contributed by atoms with Gasteiger partial charge in [0.25, 0.3) is 0 Å². The van der Waals surface area contributed by atoms with Gasteiger partial charge in [0.05, 0.1) is 11.9 Å². The van der Waals surface area contributed by atoms with Gasteiger partial charge in [-0.1, -0.05) is 0 Å². The van der Waals surface area contributed by atoms with Crippen LogP contribution in [0.1, 0.15) is 0 Å². The molecule has 0 aliphatic heterocycles. The van der Waals surface area contributed by atoms with E-state index in [0.717, 1.165) is 5.69 Å². The number of nitrogens with zero attached hydrogens (tertiary/aromatic N) is 1. The Labute approximate surface area is 58.5 Å². The molecule has 0 radical (unpaired) electrons. The minimum absolute atomic E-state index is 0. The van der Waals surface area contributed by atoms with Crippen LogP contribution in [0.3, 0.4) is 0 Å². The van der Waals surface area contributed by atoms with E-state index in [1.165, 1.54) is 11.5 Å². The van der Waals surface area contributed by atoms with Crippen LogP contribution in [0.25, 0.3) is 0 Å². The lowest BCUT2D eigenvalue weighted by atomic mass is 10.6. The van der Waals surface area contributed by atoms with E-state index in [-0.39, 0.29) is 12.4 Å². The molecule has 46 valence electrons. The summed E-state index contributed by atoms with van der Waals surface area (Å²) >= 11 is 1.45. The van der Waals surface area contributed by atoms with Crippen molar-refractivity contribution in [2.45, 2.75) is 0 Å². The van der Waals surface area contributed by atoms with Gasteiger partial charge in [0.1, 0.15) is 0 Å². The van der Waals surface area contributed by atoms with Gasteiger partial charge in [-0.2, -0.15) is 4.37 Å². The van der Waals surface area contributed by atoms with Gasteiger partial charge in [-0.05, 0) is 11.5 Å². The molecule has 0 bridgehead atoms. The van der Waals surface area contributed by atoms with Crippen molar-refractivity contribution in [1.82, 2.24) is 4.37 Å². The average Bonchev–Trinajstić information content (AvgIpc) is 2.14. The van der Waals surface area contributed by atoms with Crippen LogP contribution in [0.4, 0.5) is 5.69 Å². The quantitative estimate of drug-likeness (QED) is 0.658. The molecule has 0 saturated heterocycles. The maximum Gasteiger partial charge on any atom is 0.0650 e. The van der Waals surface area contributed by atoms with Crippen molar-refractivity contribution >= 4 is 29.6 Å². The fraction of sp³-hybridized carbons (Fsp3) is 0.250. The van der Waals surface area contributed by atoms with Crippen LogP contribution in [-0.4, -0.2) is 11.4 Å². The molecule has 0 saturated carbocycles. The molecule has 0 aliphatic carbocycles. The molecule has 1 rings (SSSR count). The maximum atomic E-state index is 3.87. The van der Waals surface area contributed by atoms with E-state index >= 15 is 0 Å². The first-order chi connectivity index (χ1) is 3.43. The van der Waals surface area contributed by atoms with Gasteiger partial charge in [-0.15, -0.1) is 12.4 Å². The zero-order valence-electron chi connectivity index (χ0n) is 4.42. The number of hydrogen-bond acceptors (Lipinski definition) is 3. The van der Waals surface area contributed by atoms with Crippen molar-refractivity contribution in [3.63, 3.8) is 0 Å². The lowest BCUT2D eigenvalue weighted by Crippen LogP contribution is -1.81. The van der Waals surface area contributed by atoms with Crippen LogP contribution >= 0.6 is 23.9 Å². The number of hydrogen-bond donors (Lipinski definition) is 1. The molecular weight excluding hydrogens is 144 g/mol. The third kappa shape index (κ3) is 1.68. The number of anilines is 1. The van der Waals surface area contributed by atoms with E-state index in [9.17, 15) is 0 Å². The number of nitrogens with one attached hydrogen (secondary N) is 1. The van der Waals surface area contributed by atoms with Crippen molar-refractivity contribution in [1.29, 1.82) is 0 Å². The van der Waals surface area contributed by atoms with Gasteiger partial charge in [0.15, 0.2) is 0 Å². The second kappa shape index (κ2) is 3.69. The van der Waals surface area contributed by atoms with Crippen LogP contribution in [-0.2, 0) is 0 Å². The fourth-order valence-corrected chi connectivity index (χ4v) is 0.856. The Balaban J connectivity index is 0.000000490. The molecule has 0 aliphatic rings. The molecule has 1 aromatic heterocycles. The van der Waals surface area contributed by atoms with Crippen molar-refractivity contribution in [3.8, 4) is 0 Å². The lowest BCUT2D eigenvalue weighted by molar-refractivity contribution is 1.49. The van der Waals surface area contributed by atoms with Gasteiger partial charge < -0.3 is 5.32 Å². The molecule has 0 spiro atoms. The van der Waals surface area contributed by atoms with Crippen molar-refractivity contribution in [2.24, 2.45) is 0 Å². The van der Waals surface area contributed by atoms with Gasteiger partial charge >= 0.3 is 0 Å². The maximum absolute atomic E-state index is 3.87. The topological polar surface area (TPSA) is 24.9 Å². The predicted molar refractivity (Wildman–Crippen MR) is 38.9 cm³/mol. The monoisotopic (exact) mass is 150 g/mol. The summed E-state index contributed by atoms with van der Waals surface area (Å²) in [5, 5.41) is 4.91. The summed E-state index contributed by atoms with van der Waals surface area (Å²) in [5.41, 5.74) is 1.09. The van der Waals surface area contributed by atoms with E-state index in [2.05, 4.69) is 9.69 Å². The summed E-state index contributed by atoms with van der Waals surface area (Å²) in [7, 11) is 1.88. The number of rotatable bonds is 1. The number of aromatic nitrogens is 1. The third-order valence-electron chi connectivity index (χ3n) is 0.721. The van der Waals surface area contributed by atoms with Gasteiger partial charge in [-0.3, -0.25) is 0 Å². The highest BCUT2D eigenvalue weighted by atomic mass is 35.5. The Morgan fingerprint density at radius 1 is 1.75 bits per heavy atom. The number of halogens is 1. The summed E-state index contributed by atoms with van der Waals surface area (Å²) in [6.45, 7) is 0. The van der Waals surface area contributed by atoms with Crippen molar-refractivity contribution in [3.05, 3.63) is 11.6 Å². The molecule has 2 nitrogen and oxygen atoms in total. The SMILES string of the molecule is CNc1cnsc1.Cl. The fourth-order valence-electron chi connectivity index (χ4n) is 0.328. The normalized spacial score (nSPS) is 7.62. The zero-order valence-corrected chi connectivity index (χ0v) is 6.05. The van der Waals surface area contributed by atoms with Gasteiger partial charge in [0, 0.05) is 12.4 Å². The molecule has 0 atom stereocenters. The van der Waals surface area contributed by atoms with Crippen LogP contribution in [0, 0.1) is 0 Å². The van der Waals surface area contributed by atoms with Crippen LogP contribution in [0.15, 0.2) is 11.6 Å². The van der Waals surface area contributed by atoms with Crippen LogP contribution in [0.2, 0.25) is 0 Å². The predicted octanol–water partition coefficient (Wildman–Crippen LogP) is 1.61. The summed E-state index contributed by atoms with van der Waals surface area (Å²) < 4.78 is 3.87. The highest BCUT2D eigenvalue weighted by Crippen LogP contribution is 2.05. The first kappa shape index (κ1) is 7.72. The Morgan fingerprint density at radius 3 is 2.75 bits per heavy atom. The van der Waals surface area contributed by atoms with E-state index in [1.807, 2.05) is 12.4 Å². The Bertz CT molecular complexity index is 129. The minimum atomic E-state index is 0. The smallest absolute Gasteiger partial charge is 0.0650 e. The summed E-state index contributed by atoms with van der Waals surface area (Å²) in [6, 6.07) is 0. The molecule has 1 N–H and O–H groups in total. The Kier molecular flexibility index (Phi) is 3.56. The van der Waals surface area contributed by atoms with Crippen LogP contribution in [0.5, 0.6) is 0 Å². The third-order valence-corrected chi connectivity index (χ3v) is 1.31. The first-order valence-corrected chi connectivity index (χ1v) is 2.84. The molecule has 0 aromatic carbocycles. The zero-order chi connectivity index (χ0) is 5.11. The molecule has 8 heavy (non-hydrogen) atoms. The van der Waals surface area contributed by atoms with Gasteiger partial charge in [-0.25, -0.2) is 0 Å². The average molecular weight is 151 g/mol. The molecular formula is C4H7ClN2S. The Hall–Kier alpha value is -0.280. The highest BCUT2D eigenvalue weighted by molar-refractivity contribution is 7.04. The molecule has 0 unspecified atom stereocenters. The van der Waals surface area contributed by atoms with E-state index in [1.54, 1.807) is 6.20 Å². The summed E-state index contributed by atoms with van der Waals surface area (Å²) in [4.78, 5) is 0. The standard InChI is InChI=1S/C4H6N2S.ClH/c1-5-4-2-6-7-3-4;/h2-3,5H,1H3;1H. The Morgan fingerprint density at radius 2 is 2.50 bits per heavy atom. The van der Waals surface area contributed by atoms with Gasteiger partial charge in [0.2, 0.25) is 0 Å². The molecule has 1 aromatic rings. The highest BCUT2D eigenvalue weighted by Gasteiger charge is 1.82. The molecule has 0 amide bonds. The lowest BCUT2D eigenvalue weighted by Gasteiger charge is -1.84. The minimum Gasteiger partial charge on any atom is -0.386 e. The summed E-state index contributed by atoms with van der Waals surface area (Å²) in [6.07, 6.45) is 1.80. The summed E-state index contributed by atoms with van der Waals surface area (Å²) in [5.74, 6) is 0. The largest absolute Gasteiger partial charge is 0.386 e. The van der Waals surface area contributed by atoms with Crippen molar-refractivity contribution in [2.75, 3.05) is 12.4 Å². The molecule has 4 heteroatoms. The van der Waals surface area contributed by atoms with Crippen LogP contribution < -0.4 is 5.32 Å². The van der Waals surface area contributed by atoms with E-state index in [4.69, 9.17) is 0 Å².